The molecule has 0 bridgehead atoms. The van der Waals surface area contributed by atoms with Crippen LogP contribution >= 0.6 is 0 Å². The number of hydrogen-bond donors (Lipinski definition) is 2. The second kappa shape index (κ2) is 2.86. The molecule has 10 heavy (non-hydrogen) atoms. The first kappa shape index (κ1) is 7.98. The summed E-state index contributed by atoms with van der Waals surface area (Å²) < 4.78 is 5.02. The molecule has 0 heterocycles. The van der Waals surface area contributed by atoms with E-state index in [1.807, 2.05) is 0 Å². The Morgan fingerprint density at radius 2 is 2.30 bits per heavy atom. The molecule has 0 aromatic heterocycles. The molecule has 60 valence electrons. The zero-order chi connectivity index (χ0) is 7.61. The third kappa shape index (κ3) is 1.48. The van der Waals surface area contributed by atoms with Crippen molar-refractivity contribution in [1.29, 1.82) is 0 Å². The molecule has 0 aromatic carbocycles. The van der Waals surface area contributed by atoms with Gasteiger partial charge in [-0.3, -0.25) is 11.3 Å². The monoisotopic (exact) mass is 144 g/mol. The van der Waals surface area contributed by atoms with E-state index >= 15 is 0 Å². The Kier molecular flexibility index (Phi) is 2.28. The summed E-state index contributed by atoms with van der Waals surface area (Å²) >= 11 is 0. The zero-order valence-corrected chi connectivity index (χ0v) is 6.68. The summed E-state index contributed by atoms with van der Waals surface area (Å²) in [5.41, 5.74) is 3.19. The number of rotatable bonds is 4. The molecule has 1 rings (SSSR count). The van der Waals surface area contributed by atoms with Crippen LogP contribution in [0.5, 0.6) is 0 Å². The van der Waals surface area contributed by atoms with E-state index in [4.69, 9.17) is 10.6 Å². The van der Waals surface area contributed by atoms with E-state index in [1.54, 1.807) is 7.11 Å². The summed E-state index contributed by atoms with van der Waals surface area (Å²) in [6.07, 6.45) is 2.54. The van der Waals surface area contributed by atoms with Crippen molar-refractivity contribution in [3.8, 4) is 0 Å². The van der Waals surface area contributed by atoms with Gasteiger partial charge in [0, 0.05) is 13.2 Å². The molecule has 1 fully saturated rings. The first-order valence-electron chi connectivity index (χ1n) is 3.68. The minimum absolute atomic E-state index is 0.331. The lowest BCUT2D eigenvalue weighted by Gasteiger charge is -2.21. The molecule has 1 aliphatic carbocycles. The number of ether oxygens (including phenoxy) is 1. The maximum Gasteiger partial charge on any atom is 0.0634 e. The predicted molar refractivity (Wildman–Crippen MR) is 40.3 cm³/mol. The van der Waals surface area contributed by atoms with Crippen LogP contribution in [0.3, 0.4) is 0 Å². The Bertz CT molecular complexity index is 112. The molecule has 1 atom stereocenters. The predicted octanol–water partition coefficient (Wildman–Crippen LogP) is 0.265. The van der Waals surface area contributed by atoms with E-state index in [0.717, 1.165) is 0 Å². The summed E-state index contributed by atoms with van der Waals surface area (Å²) in [6.45, 7) is 2.95. The number of nitrogens with two attached hydrogens (primary N) is 1. The van der Waals surface area contributed by atoms with Crippen LogP contribution in [0.2, 0.25) is 0 Å². The Hall–Kier alpha value is -0.120. The highest BCUT2D eigenvalue weighted by Crippen LogP contribution is 2.47. The quantitative estimate of drug-likeness (QED) is 0.439. The van der Waals surface area contributed by atoms with E-state index in [2.05, 4.69) is 12.3 Å². The third-order valence-electron chi connectivity index (χ3n) is 2.41. The van der Waals surface area contributed by atoms with Crippen molar-refractivity contribution in [1.82, 2.24) is 5.43 Å². The van der Waals surface area contributed by atoms with Gasteiger partial charge in [0.15, 0.2) is 0 Å². The van der Waals surface area contributed by atoms with Crippen molar-refractivity contribution in [2.75, 3.05) is 13.7 Å². The molecule has 0 spiro atoms. The fourth-order valence-electron chi connectivity index (χ4n) is 1.16. The maximum atomic E-state index is 5.35. The van der Waals surface area contributed by atoms with Crippen LogP contribution in [-0.2, 0) is 4.74 Å². The summed E-state index contributed by atoms with van der Waals surface area (Å²) in [7, 11) is 1.70. The van der Waals surface area contributed by atoms with Gasteiger partial charge in [-0.25, -0.2) is 0 Å². The lowest BCUT2D eigenvalue weighted by atomic mass is 10.0. The lowest BCUT2D eigenvalue weighted by Crippen LogP contribution is -2.44. The summed E-state index contributed by atoms with van der Waals surface area (Å²) in [5, 5.41) is 0. The highest BCUT2D eigenvalue weighted by atomic mass is 16.5. The number of hydrogen-bond acceptors (Lipinski definition) is 3. The van der Waals surface area contributed by atoms with Crippen molar-refractivity contribution < 1.29 is 4.74 Å². The molecule has 0 radical (unpaired) electrons. The fourth-order valence-corrected chi connectivity index (χ4v) is 1.16. The topological polar surface area (TPSA) is 47.3 Å². The minimum atomic E-state index is 0.331. The fraction of sp³-hybridized carbons (Fsp3) is 1.00. The van der Waals surface area contributed by atoms with Gasteiger partial charge >= 0.3 is 0 Å². The Labute approximate surface area is 61.9 Å². The van der Waals surface area contributed by atoms with Crippen LogP contribution in [0.4, 0.5) is 0 Å². The summed E-state index contributed by atoms with van der Waals surface area (Å²) in [4.78, 5) is 0. The molecule has 0 amide bonds. The van der Waals surface area contributed by atoms with Crippen LogP contribution < -0.4 is 11.3 Å². The van der Waals surface area contributed by atoms with E-state index in [0.29, 0.717) is 18.1 Å². The first-order valence-corrected chi connectivity index (χ1v) is 3.68. The van der Waals surface area contributed by atoms with Crippen LogP contribution in [0.25, 0.3) is 0 Å². The van der Waals surface area contributed by atoms with Gasteiger partial charge in [-0.1, -0.05) is 6.92 Å². The first-order chi connectivity index (χ1) is 4.73. The zero-order valence-electron chi connectivity index (χ0n) is 6.68. The number of hydrazine groups is 1. The highest BCUT2D eigenvalue weighted by molar-refractivity contribution is 4.97. The molecule has 0 aromatic rings. The van der Waals surface area contributed by atoms with Gasteiger partial charge in [0.1, 0.15) is 0 Å². The maximum absolute atomic E-state index is 5.35. The largest absolute Gasteiger partial charge is 0.383 e. The van der Waals surface area contributed by atoms with Crippen LogP contribution in [-0.4, -0.2) is 19.8 Å². The SMILES string of the molecule is COCC(NN)C1(C)CC1. The van der Waals surface area contributed by atoms with Gasteiger partial charge in [-0.15, -0.1) is 0 Å². The molecular weight excluding hydrogens is 128 g/mol. The molecule has 3 N–H and O–H groups in total. The Morgan fingerprint density at radius 1 is 1.70 bits per heavy atom. The minimum Gasteiger partial charge on any atom is -0.383 e. The lowest BCUT2D eigenvalue weighted by molar-refractivity contribution is 0.137. The standard InChI is InChI=1S/C7H16N2O/c1-7(3-4-7)6(9-8)5-10-2/h6,9H,3-5,8H2,1-2H3. The van der Waals surface area contributed by atoms with E-state index in [-0.39, 0.29) is 0 Å². The van der Waals surface area contributed by atoms with Gasteiger partial charge in [0.2, 0.25) is 0 Å². The van der Waals surface area contributed by atoms with E-state index < -0.39 is 0 Å². The second-order valence-corrected chi connectivity index (χ2v) is 3.33. The number of nitrogens with one attached hydrogen (secondary N) is 1. The van der Waals surface area contributed by atoms with Gasteiger partial charge in [0.05, 0.1) is 6.61 Å². The van der Waals surface area contributed by atoms with Crippen LogP contribution in [0.15, 0.2) is 0 Å². The number of methoxy groups -OCH3 is 1. The van der Waals surface area contributed by atoms with Gasteiger partial charge in [-0.05, 0) is 18.3 Å². The molecule has 0 saturated heterocycles. The van der Waals surface area contributed by atoms with Gasteiger partial charge in [0.25, 0.3) is 0 Å². The van der Waals surface area contributed by atoms with Crippen LogP contribution in [0, 0.1) is 5.41 Å². The molecule has 1 saturated carbocycles. The van der Waals surface area contributed by atoms with Crippen molar-refractivity contribution in [3.05, 3.63) is 0 Å². The van der Waals surface area contributed by atoms with Crippen molar-refractivity contribution in [3.63, 3.8) is 0 Å². The van der Waals surface area contributed by atoms with Gasteiger partial charge < -0.3 is 4.74 Å². The molecule has 1 unspecified atom stereocenters. The average Bonchev–Trinajstić information content (AvgIpc) is 2.64. The summed E-state index contributed by atoms with van der Waals surface area (Å²) in [6, 6.07) is 0.331. The molecule has 3 heteroatoms. The third-order valence-corrected chi connectivity index (χ3v) is 2.41. The van der Waals surface area contributed by atoms with E-state index in [9.17, 15) is 0 Å². The highest BCUT2D eigenvalue weighted by Gasteiger charge is 2.44. The molecule has 1 aliphatic rings. The van der Waals surface area contributed by atoms with E-state index in [1.165, 1.54) is 12.8 Å². The Morgan fingerprint density at radius 3 is 2.60 bits per heavy atom. The molecule has 0 aliphatic heterocycles. The summed E-state index contributed by atoms with van der Waals surface area (Å²) in [5.74, 6) is 5.35. The molecular formula is C7H16N2O. The Balaban J connectivity index is 2.33. The van der Waals surface area contributed by atoms with Gasteiger partial charge in [-0.2, -0.15) is 0 Å². The molecule has 3 nitrogen and oxygen atoms in total. The smallest absolute Gasteiger partial charge is 0.0634 e. The van der Waals surface area contributed by atoms with Crippen molar-refractivity contribution in [2.45, 2.75) is 25.8 Å². The van der Waals surface area contributed by atoms with Crippen molar-refractivity contribution in [2.24, 2.45) is 11.3 Å². The average molecular weight is 144 g/mol. The normalized spacial score (nSPS) is 24.3. The van der Waals surface area contributed by atoms with Crippen molar-refractivity contribution >= 4 is 0 Å². The second-order valence-electron chi connectivity index (χ2n) is 3.33. The van der Waals surface area contributed by atoms with Crippen LogP contribution in [0.1, 0.15) is 19.8 Å².